The summed E-state index contributed by atoms with van der Waals surface area (Å²) < 4.78 is 0. The monoisotopic (exact) mass is 260 g/mol. The van der Waals surface area contributed by atoms with Crippen molar-refractivity contribution >= 4 is 18.3 Å². The third-order valence-electron chi connectivity index (χ3n) is 4.33. The number of halogens is 1. The number of amides is 1. The van der Waals surface area contributed by atoms with Crippen molar-refractivity contribution < 1.29 is 4.79 Å². The second-order valence-corrected chi connectivity index (χ2v) is 6.52. The molecule has 100 valence electrons. The lowest BCUT2D eigenvalue weighted by Crippen LogP contribution is -2.43. The molecule has 4 heteroatoms. The van der Waals surface area contributed by atoms with Crippen molar-refractivity contribution in [1.29, 1.82) is 0 Å². The van der Waals surface area contributed by atoms with Crippen LogP contribution in [-0.2, 0) is 4.79 Å². The number of carbonyl (C=O) groups is 1. The van der Waals surface area contributed by atoms with Crippen molar-refractivity contribution in [3.8, 4) is 0 Å². The summed E-state index contributed by atoms with van der Waals surface area (Å²) in [6.07, 6.45) is 3.39. The molecule has 1 saturated carbocycles. The second kappa shape index (κ2) is 5.15. The molecule has 1 atom stereocenters. The molecule has 0 aromatic heterocycles. The lowest BCUT2D eigenvalue weighted by Gasteiger charge is -2.34. The first-order valence-electron chi connectivity index (χ1n) is 6.41. The zero-order valence-corrected chi connectivity index (χ0v) is 12.0. The van der Waals surface area contributed by atoms with Crippen molar-refractivity contribution in [2.75, 3.05) is 19.6 Å². The largest absolute Gasteiger partial charge is 0.355 e. The number of hydrogen-bond donors (Lipinski definition) is 2. The smallest absolute Gasteiger partial charge is 0.223 e. The van der Waals surface area contributed by atoms with Crippen LogP contribution in [0.15, 0.2) is 0 Å². The fraction of sp³-hybridized carbons (Fsp3) is 0.923. The molecule has 2 aliphatic rings. The van der Waals surface area contributed by atoms with Crippen LogP contribution in [0.25, 0.3) is 0 Å². The van der Waals surface area contributed by atoms with Gasteiger partial charge in [-0.15, -0.1) is 12.4 Å². The SMILES string of the molecule is CC1(CNC(=O)C2CC2(C)C)CCNCC1.Cl. The van der Waals surface area contributed by atoms with Crippen molar-refractivity contribution in [3.63, 3.8) is 0 Å². The van der Waals surface area contributed by atoms with Crippen LogP contribution in [0, 0.1) is 16.7 Å². The predicted molar refractivity (Wildman–Crippen MR) is 72.4 cm³/mol. The van der Waals surface area contributed by atoms with Crippen LogP contribution >= 0.6 is 12.4 Å². The highest BCUT2D eigenvalue weighted by molar-refractivity contribution is 5.85. The molecule has 1 heterocycles. The fourth-order valence-corrected chi connectivity index (χ4v) is 2.55. The van der Waals surface area contributed by atoms with Crippen molar-refractivity contribution in [1.82, 2.24) is 10.6 Å². The van der Waals surface area contributed by atoms with Gasteiger partial charge >= 0.3 is 0 Å². The molecule has 3 nitrogen and oxygen atoms in total. The van der Waals surface area contributed by atoms with Crippen LogP contribution in [0.5, 0.6) is 0 Å². The van der Waals surface area contributed by atoms with Crippen LogP contribution in [0.4, 0.5) is 0 Å². The molecule has 0 spiro atoms. The van der Waals surface area contributed by atoms with E-state index in [0.717, 1.165) is 26.1 Å². The maximum Gasteiger partial charge on any atom is 0.223 e. The first kappa shape index (κ1) is 14.8. The number of nitrogens with one attached hydrogen (secondary N) is 2. The molecule has 0 aromatic rings. The lowest BCUT2D eigenvalue weighted by atomic mass is 9.81. The molecule has 1 saturated heterocycles. The van der Waals surface area contributed by atoms with E-state index in [0.29, 0.717) is 5.41 Å². The van der Waals surface area contributed by atoms with Gasteiger partial charge in [-0.05, 0) is 43.2 Å². The molecule has 1 unspecified atom stereocenters. The van der Waals surface area contributed by atoms with Gasteiger partial charge in [0.15, 0.2) is 0 Å². The first-order valence-corrected chi connectivity index (χ1v) is 6.41. The fourth-order valence-electron chi connectivity index (χ4n) is 2.55. The summed E-state index contributed by atoms with van der Waals surface area (Å²) in [4.78, 5) is 11.9. The normalized spacial score (nSPS) is 29.0. The minimum atomic E-state index is 0. The average Bonchev–Trinajstić information content (AvgIpc) is 2.86. The van der Waals surface area contributed by atoms with E-state index >= 15 is 0 Å². The number of hydrogen-bond acceptors (Lipinski definition) is 2. The Bertz CT molecular complexity index is 285. The van der Waals surface area contributed by atoms with Gasteiger partial charge in [-0.3, -0.25) is 4.79 Å². The van der Waals surface area contributed by atoms with E-state index in [4.69, 9.17) is 0 Å². The van der Waals surface area contributed by atoms with Crippen LogP contribution in [0.1, 0.15) is 40.0 Å². The van der Waals surface area contributed by atoms with Crippen molar-refractivity contribution in [2.24, 2.45) is 16.7 Å². The number of carbonyl (C=O) groups excluding carboxylic acids is 1. The maximum atomic E-state index is 11.9. The van der Waals surface area contributed by atoms with Gasteiger partial charge in [-0.2, -0.15) is 0 Å². The number of rotatable bonds is 3. The molecule has 1 aliphatic carbocycles. The van der Waals surface area contributed by atoms with Crippen LogP contribution in [0.3, 0.4) is 0 Å². The predicted octanol–water partition coefficient (Wildman–Crippen LogP) is 1.96. The zero-order valence-electron chi connectivity index (χ0n) is 11.1. The first-order chi connectivity index (χ1) is 7.43. The molecular weight excluding hydrogens is 236 g/mol. The standard InChI is InChI=1S/C13H24N2O.ClH/c1-12(2)8-10(12)11(16)15-9-13(3)4-6-14-7-5-13;/h10,14H,4-9H2,1-3H3,(H,15,16);1H. The van der Waals surface area contributed by atoms with E-state index in [-0.39, 0.29) is 29.6 Å². The van der Waals surface area contributed by atoms with Gasteiger partial charge in [0.2, 0.25) is 5.91 Å². The molecule has 17 heavy (non-hydrogen) atoms. The van der Waals surface area contributed by atoms with Gasteiger partial charge in [0.1, 0.15) is 0 Å². The van der Waals surface area contributed by atoms with E-state index in [1.54, 1.807) is 0 Å². The van der Waals surface area contributed by atoms with Gasteiger partial charge < -0.3 is 10.6 Å². The molecule has 0 radical (unpaired) electrons. The summed E-state index contributed by atoms with van der Waals surface area (Å²) in [6.45, 7) is 9.64. The minimum Gasteiger partial charge on any atom is -0.355 e. The summed E-state index contributed by atoms with van der Waals surface area (Å²) in [5.41, 5.74) is 0.555. The molecule has 1 amide bonds. The summed E-state index contributed by atoms with van der Waals surface area (Å²) in [5, 5.41) is 6.51. The van der Waals surface area contributed by atoms with Gasteiger partial charge in [-0.25, -0.2) is 0 Å². The summed E-state index contributed by atoms with van der Waals surface area (Å²) in [7, 11) is 0. The Morgan fingerprint density at radius 3 is 2.29 bits per heavy atom. The van der Waals surface area contributed by atoms with E-state index in [2.05, 4.69) is 31.4 Å². The Hall–Kier alpha value is -0.280. The maximum absolute atomic E-state index is 11.9. The van der Waals surface area contributed by atoms with E-state index in [1.807, 2.05) is 0 Å². The van der Waals surface area contributed by atoms with Gasteiger partial charge in [0.25, 0.3) is 0 Å². The van der Waals surface area contributed by atoms with Crippen molar-refractivity contribution in [3.05, 3.63) is 0 Å². The Kier molecular flexibility index (Phi) is 4.48. The molecule has 2 rings (SSSR count). The Morgan fingerprint density at radius 1 is 1.29 bits per heavy atom. The molecule has 0 aromatic carbocycles. The van der Waals surface area contributed by atoms with Gasteiger partial charge in [-0.1, -0.05) is 20.8 Å². The second-order valence-electron chi connectivity index (χ2n) is 6.52. The van der Waals surface area contributed by atoms with E-state index in [9.17, 15) is 4.79 Å². The molecule has 2 fully saturated rings. The lowest BCUT2D eigenvalue weighted by molar-refractivity contribution is -0.123. The third-order valence-corrected chi connectivity index (χ3v) is 4.33. The molecule has 2 N–H and O–H groups in total. The average molecular weight is 261 g/mol. The quantitative estimate of drug-likeness (QED) is 0.815. The van der Waals surface area contributed by atoms with Crippen LogP contribution in [-0.4, -0.2) is 25.5 Å². The highest BCUT2D eigenvalue weighted by atomic mass is 35.5. The zero-order chi connectivity index (χ0) is 11.8. The topological polar surface area (TPSA) is 41.1 Å². The molecule has 1 aliphatic heterocycles. The van der Waals surface area contributed by atoms with Crippen LogP contribution < -0.4 is 10.6 Å². The highest BCUT2D eigenvalue weighted by Gasteiger charge is 2.50. The van der Waals surface area contributed by atoms with Gasteiger partial charge in [0, 0.05) is 12.5 Å². The summed E-state index contributed by atoms with van der Waals surface area (Å²) in [6, 6.07) is 0. The molecule has 0 bridgehead atoms. The van der Waals surface area contributed by atoms with E-state index < -0.39 is 0 Å². The Balaban J connectivity index is 0.00000144. The summed E-state index contributed by atoms with van der Waals surface area (Å²) in [5.74, 6) is 0.530. The summed E-state index contributed by atoms with van der Waals surface area (Å²) >= 11 is 0. The van der Waals surface area contributed by atoms with Crippen LogP contribution in [0.2, 0.25) is 0 Å². The highest BCUT2D eigenvalue weighted by Crippen LogP contribution is 2.51. The molecular formula is C13H25ClN2O. The number of piperidine rings is 1. The Morgan fingerprint density at radius 2 is 1.82 bits per heavy atom. The Labute approximate surface area is 111 Å². The van der Waals surface area contributed by atoms with Crippen molar-refractivity contribution in [2.45, 2.75) is 40.0 Å². The van der Waals surface area contributed by atoms with E-state index in [1.165, 1.54) is 12.8 Å². The third kappa shape index (κ3) is 3.59. The minimum absolute atomic E-state index is 0. The van der Waals surface area contributed by atoms with Gasteiger partial charge in [0.05, 0.1) is 0 Å².